The summed E-state index contributed by atoms with van der Waals surface area (Å²) < 4.78 is 2.03. The van der Waals surface area contributed by atoms with Gasteiger partial charge in [0.05, 0.1) is 16.9 Å². The van der Waals surface area contributed by atoms with Gasteiger partial charge in [-0.3, -0.25) is 4.79 Å². The van der Waals surface area contributed by atoms with Crippen LogP contribution in [0.4, 0.5) is 5.69 Å². The predicted octanol–water partition coefficient (Wildman–Crippen LogP) is 2.98. The Kier molecular flexibility index (Phi) is 2.62. The normalized spacial score (nSPS) is 15.6. The molecule has 0 atom stereocenters. The van der Waals surface area contributed by atoms with E-state index in [4.69, 9.17) is 0 Å². The SMILES string of the molecule is CC(=O)c1cc2cccc(N3CCCC3)c2n1C. The van der Waals surface area contributed by atoms with Crippen molar-refractivity contribution in [3.05, 3.63) is 30.0 Å². The van der Waals surface area contributed by atoms with Gasteiger partial charge in [0.2, 0.25) is 0 Å². The third-order valence-corrected chi connectivity index (χ3v) is 3.84. The van der Waals surface area contributed by atoms with Crippen LogP contribution in [0, 0.1) is 0 Å². The van der Waals surface area contributed by atoms with E-state index in [2.05, 4.69) is 23.1 Å². The van der Waals surface area contributed by atoms with Crippen molar-refractivity contribution >= 4 is 22.4 Å². The van der Waals surface area contributed by atoms with E-state index in [1.165, 1.54) is 24.0 Å². The Bertz CT molecular complexity index is 606. The van der Waals surface area contributed by atoms with E-state index in [1.807, 2.05) is 17.7 Å². The number of nitrogens with zero attached hydrogens (tertiary/aromatic N) is 2. The number of benzene rings is 1. The maximum absolute atomic E-state index is 11.6. The summed E-state index contributed by atoms with van der Waals surface area (Å²) in [6, 6.07) is 8.33. The molecule has 0 bridgehead atoms. The summed E-state index contributed by atoms with van der Waals surface area (Å²) in [7, 11) is 1.98. The molecule has 94 valence electrons. The fraction of sp³-hybridized carbons (Fsp3) is 0.400. The summed E-state index contributed by atoms with van der Waals surface area (Å²) in [5, 5.41) is 1.16. The van der Waals surface area contributed by atoms with Crippen LogP contribution < -0.4 is 4.90 Å². The summed E-state index contributed by atoms with van der Waals surface area (Å²) >= 11 is 0. The molecule has 1 aromatic heterocycles. The van der Waals surface area contributed by atoms with E-state index in [0.29, 0.717) is 0 Å². The van der Waals surface area contributed by atoms with Gasteiger partial charge < -0.3 is 9.47 Å². The van der Waals surface area contributed by atoms with Crippen molar-refractivity contribution in [2.45, 2.75) is 19.8 Å². The van der Waals surface area contributed by atoms with E-state index in [-0.39, 0.29) is 5.78 Å². The number of aryl methyl sites for hydroxylation is 1. The third kappa shape index (κ3) is 1.62. The van der Waals surface area contributed by atoms with Gasteiger partial charge in [-0.25, -0.2) is 0 Å². The maximum Gasteiger partial charge on any atom is 0.176 e. The van der Waals surface area contributed by atoms with Crippen LogP contribution in [-0.4, -0.2) is 23.4 Å². The van der Waals surface area contributed by atoms with Crippen molar-refractivity contribution in [2.24, 2.45) is 7.05 Å². The summed E-state index contributed by atoms with van der Waals surface area (Å²) in [4.78, 5) is 14.1. The minimum atomic E-state index is 0.126. The number of hydrogen-bond acceptors (Lipinski definition) is 2. The number of Topliss-reactive ketones (excluding diaryl/α,β-unsaturated/α-hetero) is 1. The quantitative estimate of drug-likeness (QED) is 0.756. The first kappa shape index (κ1) is 11.3. The molecule has 1 saturated heterocycles. The second-order valence-electron chi connectivity index (χ2n) is 5.05. The first-order valence-corrected chi connectivity index (χ1v) is 6.53. The van der Waals surface area contributed by atoms with Crippen LogP contribution in [0.5, 0.6) is 0 Å². The van der Waals surface area contributed by atoms with Crippen molar-refractivity contribution in [2.75, 3.05) is 18.0 Å². The molecular weight excluding hydrogens is 224 g/mol. The molecule has 1 aliphatic heterocycles. The number of para-hydroxylation sites is 1. The molecule has 3 nitrogen and oxygen atoms in total. The first-order chi connectivity index (χ1) is 8.68. The number of hydrogen-bond donors (Lipinski definition) is 0. The smallest absolute Gasteiger partial charge is 0.176 e. The van der Waals surface area contributed by atoms with Crippen molar-refractivity contribution < 1.29 is 4.79 Å². The van der Waals surface area contributed by atoms with Crippen molar-refractivity contribution in [3.63, 3.8) is 0 Å². The summed E-state index contributed by atoms with van der Waals surface area (Å²) in [6.45, 7) is 3.88. The second kappa shape index (κ2) is 4.16. The molecule has 2 aromatic rings. The van der Waals surface area contributed by atoms with Gasteiger partial charge >= 0.3 is 0 Å². The van der Waals surface area contributed by atoms with E-state index in [9.17, 15) is 4.79 Å². The van der Waals surface area contributed by atoms with Gasteiger partial charge in [-0.15, -0.1) is 0 Å². The Morgan fingerprint density at radius 3 is 2.61 bits per heavy atom. The summed E-state index contributed by atoms with van der Waals surface area (Å²) in [5.41, 5.74) is 3.24. The monoisotopic (exact) mass is 242 g/mol. The molecule has 0 saturated carbocycles. The van der Waals surface area contributed by atoms with Crippen LogP contribution in [-0.2, 0) is 7.05 Å². The molecular formula is C15H18N2O. The fourth-order valence-corrected chi connectivity index (χ4v) is 2.95. The number of carbonyl (C=O) groups excluding carboxylic acids is 1. The highest BCUT2D eigenvalue weighted by Crippen LogP contribution is 2.31. The lowest BCUT2D eigenvalue weighted by molar-refractivity contribution is 0.101. The zero-order valence-electron chi connectivity index (χ0n) is 10.9. The third-order valence-electron chi connectivity index (χ3n) is 3.84. The number of aromatic nitrogens is 1. The van der Waals surface area contributed by atoms with E-state index < -0.39 is 0 Å². The standard InChI is InChI=1S/C15H18N2O/c1-11(18)14-10-12-6-5-7-13(15(12)16(14)2)17-8-3-4-9-17/h5-7,10H,3-4,8-9H2,1-2H3. The van der Waals surface area contributed by atoms with E-state index >= 15 is 0 Å². The average molecular weight is 242 g/mol. The zero-order chi connectivity index (χ0) is 12.7. The number of anilines is 1. The number of rotatable bonds is 2. The molecule has 3 heteroatoms. The van der Waals surface area contributed by atoms with Gasteiger partial charge in [-0.05, 0) is 25.0 Å². The first-order valence-electron chi connectivity index (χ1n) is 6.53. The topological polar surface area (TPSA) is 25.2 Å². The molecule has 2 heterocycles. The second-order valence-corrected chi connectivity index (χ2v) is 5.05. The summed E-state index contributed by atoms with van der Waals surface area (Å²) in [5.74, 6) is 0.126. The van der Waals surface area contributed by atoms with Gasteiger partial charge in [0, 0.05) is 32.4 Å². The molecule has 18 heavy (non-hydrogen) atoms. The van der Waals surface area contributed by atoms with Crippen LogP contribution in [0.2, 0.25) is 0 Å². The molecule has 0 spiro atoms. The molecule has 0 amide bonds. The van der Waals surface area contributed by atoms with Crippen molar-refractivity contribution in [1.82, 2.24) is 4.57 Å². The Morgan fingerprint density at radius 2 is 1.94 bits per heavy atom. The highest BCUT2D eigenvalue weighted by Gasteiger charge is 2.18. The highest BCUT2D eigenvalue weighted by atomic mass is 16.1. The van der Waals surface area contributed by atoms with E-state index in [1.54, 1.807) is 6.92 Å². The molecule has 1 aromatic carbocycles. The van der Waals surface area contributed by atoms with Crippen LogP contribution in [0.15, 0.2) is 24.3 Å². The molecule has 3 rings (SSSR count). The lowest BCUT2D eigenvalue weighted by atomic mass is 10.2. The Balaban J connectivity index is 2.23. The van der Waals surface area contributed by atoms with Crippen LogP contribution >= 0.6 is 0 Å². The fourth-order valence-electron chi connectivity index (χ4n) is 2.95. The number of ketones is 1. The van der Waals surface area contributed by atoms with Crippen LogP contribution in [0.25, 0.3) is 10.9 Å². The predicted molar refractivity (Wildman–Crippen MR) is 74.4 cm³/mol. The Labute approximate surface area is 107 Å². The Hall–Kier alpha value is -1.77. The molecule has 1 fully saturated rings. The van der Waals surface area contributed by atoms with Gasteiger partial charge in [-0.2, -0.15) is 0 Å². The lowest BCUT2D eigenvalue weighted by Crippen LogP contribution is -2.18. The van der Waals surface area contributed by atoms with Gasteiger partial charge in [0.25, 0.3) is 0 Å². The van der Waals surface area contributed by atoms with Crippen LogP contribution in [0.3, 0.4) is 0 Å². The van der Waals surface area contributed by atoms with Crippen molar-refractivity contribution in [1.29, 1.82) is 0 Å². The van der Waals surface area contributed by atoms with E-state index in [0.717, 1.165) is 24.2 Å². The summed E-state index contributed by atoms with van der Waals surface area (Å²) in [6.07, 6.45) is 2.53. The van der Waals surface area contributed by atoms with Gasteiger partial charge in [0.15, 0.2) is 5.78 Å². The molecule has 0 unspecified atom stereocenters. The van der Waals surface area contributed by atoms with Gasteiger partial charge in [-0.1, -0.05) is 12.1 Å². The molecule has 0 aliphatic carbocycles. The minimum absolute atomic E-state index is 0.126. The highest BCUT2D eigenvalue weighted by molar-refractivity contribution is 6.02. The zero-order valence-corrected chi connectivity index (χ0v) is 10.9. The number of fused-ring (bicyclic) bond motifs is 1. The molecule has 1 aliphatic rings. The Morgan fingerprint density at radius 1 is 1.22 bits per heavy atom. The maximum atomic E-state index is 11.6. The van der Waals surface area contributed by atoms with Gasteiger partial charge in [0.1, 0.15) is 0 Å². The average Bonchev–Trinajstić information content (AvgIpc) is 2.97. The number of carbonyl (C=O) groups is 1. The molecule has 0 N–H and O–H groups in total. The lowest BCUT2D eigenvalue weighted by Gasteiger charge is -2.19. The minimum Gasteiger partial charge on any atom is -0.370 e. The van der Waals surface area contributed by atoms with Crippen molar-refractivity contribution in [3.8, 4) is 0 Å². The molecule has 0 radical (unpaired) electrons. The largest absolute Gasteiger partial charge is 0.370 e. The van der Waals surface area contributed by atoms with Crippen LogP contribution in [0.1, 0.15) is 30.3 Å².